The summed E-state index contributed by atoms with van der Waals surface area (Å²) in [5.41, 5.74) is -0.676. The van der Waals surface area contributed by atoms with Gasteiger partial charge in [0, 0.05) is 12.5 Å². The lowest BCUT2D eigenvalue weighted by molar-refractivity contribution is -0.156. The van der Waals surface area contributed by atoms with Crippen LogP contribution in [-0.4, -0.2) is 61.8 Å². The Labute approximate surface area is 173 Å². The van der Waals surface area contributed by atoms with Crippen molar-refractivity contribution in [2.45, 2.75) is 84.3 Å². The number of ether oxygens (including phenoxy) is 5. The van der Waals surface area contributed by atoms with E-state index in [2.05, 4.69) is 12.2 Å². The number of carbonyl (C=O) groups is 2. The number of hydrogen-bond acceptors (Lipinski definition) is 7. The van der Waals surface area contributed by atoms with E-state index in [1.54, 1.807) is 20.8 Å². The number of allylic oxidation sites excluding steroid dienone is 1. The fourth-order valence-electron chi connectivity index (χ4n) is 2.99. The number of amides is 1. The smallest absolute Gasteiger partial charge is 0.408 e. The van der Waals surface area contributed by atoms with Crippen LogP contribution in [0.15, 0.2) is 11.8 Å². The molecule has 0 aliphatic carbocycles. The van der Waals surface area contributed by atoms with Crippen LogP contribution < -0.4 is 5.32 Å². The summed E-state index contributed by atoms with van der Waals surface area (Å²) in [4.78, 5) is 24.8. The minimum atomic E-state index is -0.976. The molecule has 0 aromatic heterocycles. The van der Waals surface area contributed by atoms with E-state index in [4.69, 9.17) is 23.7 Å². The standard InChI is InChI=1S/C21H35NO7/c1-7-8-9-26-17-12-25-11-14(22-20(24)29-21(4,5)6)19(23)28-16-10-15(13(2)3)27-18(16)17/h10,13-14,16-18H,7-9,11-12H2,1-6H3,(H,22,24)/t14-,16-,17-,18-/m0/s1. The molecule has 1 saturated heterocycles. The van der Waals surface area contributed by atoms with Crippen molar-refractivity contribution in [3.63, 3.8) is 0 Å². The average Bonchev–Trinajstić information content (AvgIpc) is 3.02. The average molecular weight is 414 g/mol. The zero-order valence-electron chi connectivity index (χ0n) is 18.4. The van der Waals surface area contributed by atoms with Crippen molar-refractivity contribution in [3.05, 3.63) is 11.8 Å². The van der Waals surface area contributed by atoms with E-state index in [0.29, 0.717) is 6.61 Å². The molecule has 1 amide bonds. The molecule has 0 saturated carbocycles. The number of fused-ring (bicyclic) bond motifs is 1. The molecule has 2 aliphatic rings. The summed E-state index contributed by atoms with van der Waals surface area (Å²) in [7, 11) is 0. The summed E-state index contributed by atoms with van der Waals surface area (Å²) in [6, 6.07) is -0.976. The second-order valence-corrected chi connectivity index (χ2v) is 8.71. The van der Waals surface area contributed by atoms with Gasteiger partial charge >= 0.3 is 12.1 Å². The van der Waals surface area contributed by atoms with Crippen LogP contribution in [0.25, 0.3) is 0 Å². The second-order valence-electron chi connectivity index (χ2n) is 8.71. The van der Waals surface area contributed by atoms with Crippen LogP contribution in [0, 0.1) is 5.92 Å². The van der Waals surface area contributed by atoms with Crippen molar-refractivity contribution in [3.8, 4) is 0 Å². The lowest BCUT2D eigenvalue weighted by Crippen LogP contribution is -2.47. The number of unbranched alkanes of at least 4 members (excludes halogenated alkanes) is 1. The molecule has 2 rings (SSSR count). The van der Waals surface area contributed by atoms with Gasteiger partial charge in [0.2, 0.25) is 0 Å². The van der Waals surface area contributed by atoms with Gasteiger partial charge in [0.15, 0.2) is 18.2 Å². The second kappa shape index (κ2) is 10.3. The molecular formula is C21H35NO7. The molecule has 2 aliphatic heterocycles. The zero-order chi connectivity index (χ0) is 21.6. The van der Waals surface area contributed by atoms with Crippen molar-refractivity contribution in [2.24, 2.45) is 5.92 Å². The quantitative estimate of drug-likeness (QED) is 0.529. The normalized spacial score (nSPS) is 27.7. The van der Waals surface area contributed by atoms with Crippen molar-refractivity contribution < 1.29 is 33.3 Å². The van der Waals surface area contributed by atoms with Gasteiger partial charge in [-0.1, -0.05) is 27.2 Å². The molecule has 166 valence electrons. The van der Waals surface area contributed by atoms with Gasteiger partial charge in [-0.2, -0.15) is 0 Å². The number of carbonyl (C=O) groups excluding carboxylic acids is 2. The Morgan fingerprint density at radius 3 is 2.62 bits per heavy atom. The summed E-state index contributed by atoms with van der Waals surface area (Å²) >= 11 is 0. The lowest BCUT2D eigenvalue weighted by atomic mass is 10.1. The van der Waals surface area contributed by atoms with Crippen LogP contribution in [0.1, 0.15) is 54.4 Å². The van der Waals surface area contributed by atoms with E-state index in [9.17, 15) is 9.59 Å². The van der Waals surface area contributed by atoms with Crippen LogP contribution >= 0.6 is 0 Å². The number of nitrogens with one attached hydrogen (secondary N) is 1. The molecule has 0 radical (unpaired) electrons. The molecule has 1 fully saturated rings. The predicted molar refractivity (Wildman–Crippen MR) is 106 cm³/mol. The summed E-state index contributed by atoms with van der Waals surface area (Å²) in [6.07, 6.45) is 1.59. The highest BCUT2D eigenvalue weighted by molar-refractivity contribution is 5.82. The summed E-state index contributed by atoms with van der Waals surface area (Å²) < 4.78 is 28.7. The first-order chi connectivity index (χ1) is 13.6. The van der Waals surface area contributed by atoms with Crippen molar-refractivity contribution in [1.82, 2.24) is 5.32 Å². The van der Waals surface area contributed by atoms with E-state index in [1.807, 2.05) is 19.9 Å². The first kappa shape index (κ1) is 23.5. The van der Waals surface area contributed by atoms with Crippen LogP contribution in [0.5, 0.6) is 0 Å². The molecule has 4 atom stereocenters. The van der Waals surface area contributed by atoms with Gasteiger partial charge in [-0.15, -0.1) is 0 Å². The SMILES string of the molecule is CCCCO[C@H]1COC[C@H](NC(=O)OC(C)(C)C)C(=O)O[C@H]2C=C(C(C)C)O[C@@H]21. The largest absolute Gasteiger partial charge is 0.488 e. The molecule has 8 nitrogen and oxygen atoms in total. The third kappa shape index (κ3) is 7.19. The third-order valence-corrected chi connectivity index (χ3v) is 4.48. The number of rotatable bonds is 6. The number of hydrogen-bond donors (Lipinski definition) is 1. The van der Waals surface area contributed by atoms with Crippen molar-refractivity contribution in [1.29, 1.82) is 0 Å². The van der Waals surface area contributed by atoms with Crippen LogP contribution in [-0.2, 0) is 28.5 Å². The Kier molecular flexibility index (Phi) is 8.34. The first-order valence-electron chi connectivity index (χ1n) is 10.4. The monoisotopic (exact) mass is 413 g/mol. The Morgan fingerprint density at radius 2 is 2.00 bits per heavy atom. The van der Waals surface area contributed by atoms with E-state index in [-0.39, 0.29) is 25.2 Å². The molecule has 0 spiro atoms. The molecule has 0 bridgehead atoms. The highest BCUT2D eigenvalue weighted by Crippen LogP contribution is 2.30. The minimum Gasteiger partial charge on any atom is -0.488 e. The summed E-state index contributed by atoms with van der Waals surface area (Å²) in [5, 5.41) is 2.54. The molecule has 0 unspecified atom stereocenters. The lowest BCUT2D eigenvalue weighted by Gasteiger charge is -2.27. The number of alkyl carbamates (subject to hydrolysis) is 1. The Morgan fingerprint density at radius 1 is 1.28 bits per heavy atom. The molecule has 2 heterocycles. The van der Waals surface area contributed by atoms with Gasteiger partial charge in [-0.05, 0) is 33.3 Å². The minimum absolute atomic E-state index is 0.0358. The Bertz CT molecular complexity index is 596. The Hall–Kier alpha value is -1.80. The highest BCUT2D eigenvalue weighted by atomic mass is 16.6. The first-order valence-corrected chi connectivity index (χ1v) is 10.4. The molecule has 29 heavy (non-hydrogen) atoms. The van der Waals surface area contributed by atoms with Gasteiger partial charge in [-0.25, -0.2) is 9.59 Å². The molecular weight excluding hydrogens is 378 g/mol. The molecule has 0 aromatic rings. The van der Waals surface area contributed by atoms with E-state index in [1.165, 1.54) is 0 Å². The summed E-state index contributed by atoms with van der Waals surface area (Å²) in [6.45, 7) is 12.1. The van der Waals surface area contributed by atoms with Gasteiger partial charge in [0.05, 0.1) is 19.0 Å². The van der Waals surface area contributed by atoms with Gasteiger partial charge in [0.25, 0.3) is 0 Å². The van der Waals surface area contributed by atoms with Crippen LogP contribution in [0.4, 0.5) is 4.79 Å². The van der Waals surface area contributed by atoms with Crippen LogP contribution in [0.2, 0.25) is 0 Å². The third-order valence-electron chi connectivity index (χ3n) is 4.48. The number of esters is 1. The Balaban J connectivity index is 2.12. The maximum atomic E-state index is 12.7. The summed E-state index contributed by atoms with van der Waals surface area (Å²) in [5.74, 6) is 0.316. The van der Waals surface area contributed by atoms with Gasteiger partial charge in [0.1, 0.15) is 11.7 Å². The van der Waals surface area contributed by atoms with Crippen molar-refractivity contribution >= 4 is 12.1 Å². The maximum Gasteiger partial charge on any atom is 0.408 e. The molecule has 0 aromatic carbocycles. The predicted octanol–water partition coefficient (Wildman–Crippen LogP) is 2.95. The van der Waals surface area contributed by atoms with Gasteiger partial charge in [-0.3, -0.25) is 0 Å². The van der Waals surface area contributed by atoms with E-state index >= 15 is 0 Å². The topological polar surface area (TPSA) is 92.3 Å². The fourth-order valence-corrected chi connectivity index (χ4v) is 2.99. The zero-order valence-corrected chi connectivity index (χ0v) is 18.4. The fraction of sp³-hybridized carbons (Fsp3) is 0.810. The van der Waals surface area contributed by atoms with E-state index < -0.39 is 35.9 Å². The highest BCUT2D eigenvalue weighted by Gasteiger charge is 2.42. The molecule has 8 heteroatoms. The maximum absolute atomic E-state index is 12.7. The van der Waals surface area contributed by atoms with Gasteiger partial charge < -0.3 is 29.0 Å². The van der Waals surface area contributed by atoms with Crippen LogP contribution in [0.3, 0.4) is 0 Å². The van der Waals surface area contributed by atoms with Crippen molar-refractivity contribution in [2.75, 3.05) is 19.8 Å². The van der Waals surface area contributed by atoms with E-state index in [0.717, 1.165) is 18.6 Å². The molecule has 1 N–H and O–H groups in total.